The second-order valence-electron chi connectivity index (χ2n) is 5.88. The highest BCUT2D eigenvalue weighted by atomic mass is 35.5. The third-order valence-corrected chi connectivity index (χ3v) is 4.45. The van der Waals surface area contributed by atoms with Gasteiger partial charge in [0.15, 0.2) is 5.78 Å². The van der Waals surface area contributed by atoms with E-state index in [-0.39, 0.29) is 11.7 Å². The molecule has 0 bridgehead atoms. The number of halogens is 1. The Morgan fingerprint density at radius 1 is 1.08 bits per heavy atom. The first-order valence-electron chi connectivity index (χ1n) is 8.06. The van der Waals surface area contributed by atoms with Crippen LogP contribution in [0.3, 0.4) is 0 Å². The van der Waals surface area contributed by atoms with Gasteiger partial charge in [0.25, 0.3) is 5.91 Å². The van der Waals surface area contributed by atoms with E-state index < -0.39 is 0 Å². The lowest BCUT2D eigenvalue weighted by atomic mass is 9.98. The summed E-state index contributed by atoms with van der Waals surface area (Å²) >= 11 is 5.87. The zero-order valence-electron chi connectivity index (χ0n) is 13.2. The van der Waals surface area contributed by atoms with E-state index in [9.17, 15) is 9.59 Å². The van der Waals surface area contributed by atoms with Gasteiger partial charge in [-0.25, -0.2) is 0 Å². The molecule has 4 nitrogen and oxygen atoms in total. The van der Waals surface area contributed by atoms with Gasteiger partial charge in [0.2, 0.25) is 0 Å². The van der Waals surface area contributed by atoms with Crippen LogP contribution >= 0.6 is 11.6 Å². The molecule has 5 heteroatoms. The van der Waals surface area contributed by atoms with Crippen LogP contribution in [0.4, 0.5) is 0 Å². The van der Waals surface area contributed by atoms with Crippen LogP contribution in [-0.2, 0) is 0 Å². The Hall–Kier alpha value is -2.17. The molecule has 1 unspecified atom stereocenters. The molecule has 1 saturated heterocycles. The van der Waals surface area contributed by atoms with Crippen molar-refractivity contribution in [3.63, 3.8) is 0 Å². The van der Waals surface area contributed by atoms with Crippen LogP contribution < -0.4 is 10.6 Å². The van der Waals surface area contributed by atoms with Gasteiger partial charge in [0, 0.05) is 28.7 Å². The van der Waals surface area contributed by atoms with Gasteiger partial charge < -0.3 is 10.6 Å². The van der Waals surface area contributed by atoms with Gasteiger partial charge in [0.05, 0.1) is 5.56 Å². The zero-order valence-corrected chi connectivity index (χ0v) is 14.0. The lowest BCUT2D eigenvalue weighted by Crippen LogP contribution is -2.37. The van der Waals surface area contributed by atoms with Gasteiger partial charge in [-0.05, 0) is 49.7 Å². The number of carbonyl (C=O) groups is 2. The van der Waals surface area contributed by atoms with Crippen molar-refractivity contribution in [1.82, 2.24) is 10.6 Å². The quantitative estimate of drug-likeness (QED) is 0.821. The molecule has 0 spiro atoms. The van der Waals surface area contributed by atoms with Crippen LogP contribution in [0.2, 0.25) is 5.02 Å². The Kier molecular flexibility index (Phi) is 5.28. The Balaban J connectivity index is 1.77. The average Bonchev–Trinajstić information content (AvgIpc) is 3.13. The number of nitrogens with one attached hydrogen (secondary N) is 2. The first kappa shape index (κ1) is 16.7. The third kappa shape index (κ3) is 3.83. The highest BCUT2D eigenvalue weighted by Crippen LogP contribution is 2.17. The smallest absolute Gasteiger partial charge is 0.252 e. The van der Waals surface area contributed by atoms with Gasteiger partial charge in [-0.3, -0.25) is 9.59 Å². The molecule has 1 fully saturated rings. The van der Waals surface area contributed by atoms with Crippen LogP contribution in [0.15, 0.2) is 48.5 Å². The molecule has 0 saturated carbocycles. The number of hydrogen-bond acceptors (Lipinski definition) is 3. The highest BCUT2D eigenvalue weighted by molar-refractivity contribution is 6.30. The van der Waals surface area contributed by atoms with Crippen LogP contribution in [0.25, 0.3) is 0 Å². The van der Waals surface area contributed by atoms with Crippen molar-refractivity contribution in [3.05, 3.63) is 70.2 Å². The van der Waals surface area contributed by atoms with E-state index in [1.165, 1.54) is 0 Å². The van der Waals surface area contributed by atoms with Crippen LogP contribution in [0.5, 0.6) is 0 Å². The minimum Gasteiger partial charge on any atom is -0.350 e. The van der Waals surface area contributed by atoms with Crippen molar-refractivity contribution in [2.45, 2.75) is 18.9 Å². The number of rotatable bonds is 5. The number of ketones is 1. The van der Waals surface area contributed by atoms with Crippen molar-refractivity contribution in [2.24, 2.45) is 0 Å². The third-order valence-electron chi connectivity index (χ3n) is 4.19. The summed E-state index contributed by atoms with van der Waals surface area (Å²) in [7, 11) is 0. The molecule has 1 aliphatic heterocycles. The summed E-state index contributed by atoms with van der Waals surface area (Å²) in [5.41, 5.74) is 1.31. The molecule has 1 aliphatic rings. The molecule has 124 valence electrons. The van der Waals surface area contributed by atoms with E-state index in [0.717, 1.165) is 19.4 Å². The molecule has 24 heavy (non-hydrogen) atoms. The molecular weight excluding hydrogens is 324 g/mol. The predicted molar refractivity (Wildman–Crippen MR) is 94.7 cm³/mol. The van der Waals surface area contributed by atoms with Gasteiger partial charge in [0.1, 0.15) is 0 Å². The molecule has 1 amide bonds. The second-order valence-corrected chi connectivity index (χ2v) is 6.32. The van der Waals surface area contributed by atoms with Gasteiger partial charge in [-0.2, -0.15) is 0 Å². The molecule has 2 aromatic rings. The molecule has 1 atom stereocenters. The standard InChI is InChI=1S/C19H19ClN2O2/c20-14-9-7-13(8-10-14)18(23)16-5-1-2-6-17(16)19(24)22-12-15-4-3-11-21-15/h1-2,5-10,15,21H,3-4,11-12H2,(H,22,24). The zero-order chi connectivity index (χ0) is 16.9. The van der Waals surface area contributed by atoms with Crippen LogP contribution in [-0.4, -0.2) is 30.8 Å². The fourth-order valence-electron chi connectivity index (χ4n) is 2.88. The van der Waals surface area contributed by atoms with E-state index in [1.807, 2.05) is 0 Å². The Bertz CT molecular complexity index is 737. The van der Waals surface area contributed by atoms with E-state index in [2.05, 4.69) is 10.6 Å². The topological polar surface area (TPSA) is 58.2 Å². The second kappa shape index (κ2) is 7.60. The van der Waals surface area contributed by atoms with E-state index in [1.54, 1.807) is 48.5 Å². The van der Waals surface area contributed by atoms with Gasteiger partial charge in [-0.15, -0.1) is 0 Å². The molecule has 2 aromatic carbocycles. The maximum atomic E-state index is 12.7. The molecule has 0 aliphatic carbocycles. The lowest BCUT2D eigenvalue weighted by molar-refractivity contribution is 0.0939. The fourth-order valence-corrected chi connectivity index (χ4v) is 3.00. The molecule has 0 aromatic heterocycles. The van der Waals surface area contributed by atoms with E-state index in [0.29, 0.717) is 34.3 Å². The Morgan fingerprint density at radius 3 is 2.46 bits per heavy atom. The maximum absolute atomic E-state index is 12.7. The van der Waals surface area contributed by atoms with Crippen molar-refractivity contribution in [1.29, 1.82) is 0 Å². The minimum absolute atomic E-state index is 0.184. The number of benzene rings is 2. The Morgan fingerprint density at radius 2 is 1.79 bits per heavy atom. The average molecular weight is 343 g/mol. The van der Waals surface area contributed by atoms with Crippen LogP contribution in [0, 0.1) is 0 Å². The largest absolute Gasteiger partial charge is 0.350 e. The molecule has 0 radical (unpaired) electrons. The minimum atomic E-state index is -0.221. The Labute approximate surface area is 146 Å². The van der Waals surface area contributed by atoms with Gasteiger partial charge >= 0.3 is 0 Å². The van der Waals surface area contributed by atoms with Crippen molar-refractivity contribution in [2.75, 3.05) is 13.1 Å². The number of amides is 1. The molecule has 2 N–H and O–H groups in total. The monoisotopic (exact) mass is 342 g/mol. The molecule has 1 heterocycles. The van der Waals surface area contributed by atoms with Crippen LogP contribution in [0.1, 0.15) is 39.1 Å². The predicted octanol–water partition coefficient (Wildman–Crippen LogP) is 3.05. The summed E-state index contributed by atoms with van der Waals surface area (Å²) in [6.07, 6.45) is 2.19. The van der Waals surface area contributed by atoms with Crippen molar-refractivity contribution >= 4 is 23.3 Å². The summed E-state index contributed by atoms with van der Waals surface area (Å²) in [6, 6.07) is 13.9. The summed E-state index contributed by atoms with van der Waals surface area (Å²) < 4.78 is 0. The maximum Gasteiger partial charge on any atom is 0.252 e. The molecule has 3 rings (SSSR count). The van der Waals surface area contributed by atoms with E-state index in [4.69, 9.17) is 11.6 Å². The van der Waals surface area contributed by atoms with E-state index >= 15 is 0 Å². The first-order chi connectivity index (χ1) is 11.6. The summed E-state index contributed by atoms with van der Waals surface area (Å²) in [6.45, 7) is 1.56. The summed E-state index contributed by atoms with van der Waals surface area (Å²) in [5.74, 6) is -0.405. The lowest BCUT2D eigenvalue weighted by Gasteiger charge is -2.13. The van der Waals surface area contributed by atoms with Gasteiger partial charge in [-0.1, -0.05) is 29.8 Å². The highest BCUT2D eigenvalue weighted by Gasteiger charge is 2.20. The first-order valence-corrected chi connectivity index (χ1v) is 8.44. The number of carbonyl (C=O) groups excluding carboxylic acids is 2. The SMILES string of the molecule is O=C(NCC1CCCN1)c1ccccc1C(=O)c1ccc(Cl)cc1. The normalized spacial score (nSPS) is 16.8. The summed E-state index contributed by atoms with van der Waals surface area (Å²) in [4.78, 5) is 25.2. The van der Waals surface area contributed by atoms with Crippen molar-refractivity contribution in [3.8, 4) is 0 Å². The number of hydrogen-bond donors (Lipinski definition) is 2. The summed E-state index contributed by atoms with van der Waals surface area (Å²) in [5, 5.41) is 6.83. The fraction of sp³-hybridized carbons (Fsp3) is 0.263. The molecular formula is C19H19ClN2O2. The van der Waals surface area contributed by atoms with Crippen molar-refractivity contribution < 1.29 is 9.59 Å².